The number of para-hydroxylation sites is 3. The number of hydrogen-bond acceptors (Lipinski definition) is 4. The smallest absolute Gasteiger partial charge is 0.270 e. The van der Waals surface area contributed by atoms with E-state index in [1.807, 2.05) is 48.5 Å². The lowest BCUT2D eigenvalue weighted by atomic mass is 10.1. The zero-order valence-electron chi connectivity index (χ0n) is 14.0. The van der Waals surface area contributed by atoms with Gasteiger partial charge in [-0.25, -0.2) is 4.98 Å². The Bertz CT molecular complexity index is 1150. The maximum absolute atomic E-state index is 11.0. The zero-order chi connectivity index (χ0) is 18.8. The van der Waals surface area contributed by atoms with Gasteiger partial charge in [-0.15, -0.1) is 0 Å². The second kappa shape index (κ2) is 7.01. The van der Waals surface area contributed by atoms with Gasteiger partial charge in [0.15, 0.2) is 0 Å². The van der Waals surface area contributed by atoms with Crippen LogP contribution in [0.1, 0.15) is 5.56 Å². The Morgan fingerprint density at radius 1 is 1.07 bits per heavy atom. The van der Waals surface area contributed by atoms with E-state index in [0.29, 0.717) is 22.1 Å². The number of non-ortho nitro benzene ring substituents is 1. The summed E-state index contributed by atoms with van der Waals surface area (Å²) in [5, 5.41) is 11.4. The lowest BCUT2D eigenvalue weighted by Crippen LogP contribution is -1.91. The van der Waals surface area contributed by atoms with E-state index < -0.39 is 4.92 Å². The first-order valence-corrected chi connectivity index (χ1v) is 8.52. The number of aliphatic imine (C=N–C) groups is 1. The van der Waals surface area contributed by atoms with Gasteiger partial charge in [-0.3, -0.25) is 15.1 Å². The zero-order valence-corrected chi connectivity index (χ0v) is 14.7. The number of H-pyrrole nitrogens is 1. The molecule has 1 heterocycles. The van der Waals surface area contributed by atoms with Crippen LogP contribution in [0, 0.1) is 10.1 Å². The Hall–Kier alpha value is -3.51. The van der Waals surface area contributed by atoms with E-state index in [4.69, 9.17) is 11.6 Å². The monoisotopic (exact) mass is 376 g/mol. The number of halogens is 1. The van der Waals surface area contributed by atoms with Crippen LogP contribution in [0.15, 0.2) is 71.7 Å². The maximum atomic E-state index is 11.0. The van der Waals surface area contributed by atoms with Gasteiger partial charge in [0, 0.05) is 34.5 Å². The minimum atomic E-state index is -0.462. The summed E-state index contributed by atoms with van der Waals surface area (Å²) >= 11 is 6.14. The van der Waals surface area contributed by atoms with Crippen molar-refractivity contribution in [1.29, 1.82) is 0 Å². The second-order valence-electron chi connectivity index (χ2n) is 5.84. The average Bonchev–Trinajstić information content (AvgIpc) is 3.11. The molecule has 0 atom stereocenters. The minimum absolute atomic E-state index is 0.0357. The van der Waals surface area contributed by atoms with Crippen molar-refractivity contribution in [2.45, 2.75) is 0 Å². The summed E-state index contributed by atoms with van der Waals surface area (Å²) in [4.78, 5) is 22.9. The normalized spacial score (nSPS) is 11.3. The van der Waals surface area contributed by atoms with Gasteiger partial charge in [0.05, 0.1) is 21.6 Å². The lowest BCUT2D eigenvalue weighted by Gasteiger charge is -2.03. The van der Waals surface area contributed by atoms with Crippen molar-refractivity contribution in [1.82, 2.24) is 9.97 Å². The Balaban J connectivity index is 1.75. The highest BCUT2D eigenvalue weighted by Crippen LogP contribution is 2.30. The molecular formula is C20H13ClN4O2. The molecule has 0 saturated carbocycles. The van der Waals surface area contributed by atoms with Crippen molar-refractivity contribution >= 4 is 40.2 Å². The third kappa shape index (κ3) is 3.43. The second-order valence-corrected chi connectivity index (χ2v) is 6.25. The number of benzene rings is 3. The van der Waals surface area contributed by atoms with Crippen LogP contribution < -0.4 is 0 Å². The molecule has 0 aliphatic rings. The number of nitrogens with zero attached hydrogens (tertiary/aromatic N) is 3. The number of rotatable bonds is 4. The lowest BCUT2D eigenvalue weighted by molar-refractivity contribution is -0.384. The molecule has 0 aliphatic carbocycles. The molecule has 27 heavy (non-hydrogen) atoms. The summed E-state index contributed by atoms with van der Waals surface area (Å²) < 4.78 is 0. The minimum Gasteiger partial charge on any atom is -0.338 e. The molecule has 0 saturated heterocycles. The number of fused-ring (bicyclic) bond motifs is 1. The molecule has 1 aromatic heterocycles. The molecule has 0 unspecified atom stereocenters. The molecular weight excluding hydrogens is 364 g/mol. The summed E-state index contributed by atoms with van der Waals surface area (Å²) in [6.07, 6.45) is 1.52. The first-order chi connectivity index (χ1) is 13.1. The largest absolute Gasteiger partial charge is 0.338 e. The van der Waals surface area contributed by atoms with Crippen LogP contribution in [-0.4, -0.2) is 21.1 Å². The molecule has 132 valence electrons. The predicted octanol–water partition coefficient (Wildman–Crippen LogP) is 5.54. The number of nitrogens with one attached hydrogen (secondary N) is 1. The number of aromatic amines is 1. The van der Waals surface area contributed by atoms with Crippen LogP contribution in [-0.2, 0) is 0 Å². The van der Waals surface area contributed by atoms with E-state index in [0.717, 1.165) is 16.6 Å². The van der Waals surface area contributed by atoms with E-state index in [1.165, 1.54) is 24.4 Å². The Kier molecular flexibility index (Phi) is 4.40. The quantitative estimate of drug-likeness (QED) is 0.288. The van der Waals surface area contributed by atoms with E-state index in [-0.39, 0.29) is 5.69 Å². The van der Waals surface area contributed by atoms with Gasteiger partial charge < -0.3 is 4.98 Å². The highest BCUT2D eigenvalue weighted by atomic mass is 35.5. The first kappa shape index (κ1) is 16.9. The number of aromatic nitrogens is 2. The third-order valence-corrected chi connectivity index (χ3v) is 4.43. The van der Waals surface area contributed by atoms with E-state index >= 15 is 0 Å². The van der Waals surface area contributed by atoms with Crippen LogP contribution in [0.2, 0.25) is 5.02 Å². The maximum Gasteiger partial charge on any atom is 0.270 e. The molecule has 7 heteroatoms. The number of hydrogen-bond donors (Lipinski definition) is 1. The molecule has 0 radical (unpaired) electrons. The topological polar surface area (TPSA) is 84.2 Å². The van der Waals surface area contributed by atoms with Gasteiger partial charge in [-0.2, -0.15) is 0 Å². The summed E-state index contributed by atoms with van der Waals surface area (Å²) in [5.41, 5.74) is 3.75. The number of nitro benzene ring substituents is 1. The fourth-order valence-corrected chi connectivity index (χ4v) is 2.92. The highest BCUT2D eigenvalue weighted by Gasteiger charge is 2.10. The van der Waals surface area contributed by atoms with Crippen molar-refractivity contribution in [2.75, 3.05) is 0 Å². The number of imidazole rings is 1. The van der Waals surface area contributed by atoms with Crippen molar-refractivity contribution in [3.63, 3.8) is 0 Å². The summed E-state index contributed by atoms with van der Waals surface area (Å²) in [6.45, 7) is 0. The molecule has 4 aromatic rings. The standard InChI is InChI=1S/C20H13ClN4O2/c21-16-10-9-14(25(26)27)11-13(16)12-22-17-6-2-1-5-15(17)20-23-18-7-3-4-8-19(18)24-20/h1-12H,(H,23,24). The van der Waals surface area contributed by atoms with Crippen LogP contribution in [0.3, 0.4) is 0 Å². The van der Waals surface area contributed by atoms with Crippen LogP contribution in [0.4, 0.5) is 11.4 Å². The van der Waals surface area contributed by atoms with Gasteiger partial charge in [0.2, 0.25) is 0 Å². The van der Waals surface area contributed by atoms with Gasteiger partial charge in [0.25, 0.3) is 5.69 Å². The summed E-state index contributed by atoms with van der Waals surface area (Å²) in [7, 11) is 0. The van der Waals surface area contributed by atoms with Crippen LogP contribution in [0.25, 0.3) is 22.4 Å². The SMILES string of the molecule is O=[N+]([O-])c1ccc(Cl)c(C=Nc2ccccc2-c2nc3ccccc3[nH]2)c1. The van der Waals surface area contributed by atoms with E-state index in [1.54, 1.807) is 0 Å². The van der Waals surface area contributed by atoms with Gasteiger partial charge in [0.1, 0.15) is 5.82 Å². The molecule has 6 nitrogen and oxygen atoms in total. The number of nitro groups is 1. The molecule has 0 bridgehead atoms. The summed E-state index contributed by atoms with van der Waals surface area (Å²) in [5.74, 6) is 0.703. The van der Waals surface area contributed by atoms with Crippen molar-refractivity contribution in [2.24, 2.45) is 4.99 Å². The average molecular weight is 377 g/mol. The van der Waals surface area contributed by atoms with Gasteiger partial charge in [-0.1, -0.05) is 35.9 Å². The van der Waals surface area contributed by atoms with Crippen molar-refractivity contribution < 1.29 is 4.92 Å². The fourth-order valence-electron chi connectivity index (χ4n) is 2.75. The van der Waals surface area contributed by atoms with Crippen molar-refractivity contribution in [3.8, 4) is 11.4 Å². The Morgan fingerprint density at radius 2 is 1.85 bits per heavy atom. The first-order valence-electron chi connectivity index (χ1n) is 8.14. The summed E-state index contributed by atoms with van der Waals surface area (Å²) in [6, 6.07) is 19.6. The molecule has 0 spiro atoms. The molecule has 4 rings (SSSR count). The van der Waals surface area contributed by atoms with Crippen molar-refractivity contribution in [3.05, 3.63) is 87.4 Å². The van der Waals surface area contributed by atoms with Crippen LogP contribution >= 0.6 is 11.6 Å². The van der Waals surface area contributed by atoms with E-state index in [2.05, 4.69) is 15.0 Å². The molecule has 0 amide bonds. The van der Waals surface area contributed by atoms with Gasteiger partial charge >= 0.3 is 0 Å². The highest BCUT2D eigenvalue weighted by molar-refractivity contribution is 6.33. The third-order valence-electron chi connectivity index (χ3n) is 4.08. The fraction of sp³-hybridized carbons (Fsp3) is 0. The molecule has 0 aliphatic heterocycles. The Labute approximate surface area is 159 Å². The predicted molar refractivity (Wildman–Crippen MR) is 107 cm³/mol. The molecule has 1 N–H and O–H groups in total. The molecule has 0 fully saturated rings. The van der Waals surface area contributed by atoms with Gasteiger partial charge in [-0.05, 0) is 30.3 Å². The van der Waals surface area contributed by atoms with Crippen LogP contribution in [0.5, 0.6) is 0 Å². The van der Waals surface area contributed by atoms with E-state index in [9.17, 15) is 10.1 Å². The molecule has 3 aromatic carbocycles. The Morgan fingerprint density at radius 3 is 2.67 bits per heavy atom.